The molecule has 1 fully saturated rings. The van der Waals surface area contributed by atoms with Gasteiger partial charge in [-0.05, 0) is 30.5 Å². The number of aromatic nitrogens is 2. The van der Waals surface area contributed by atoms with E-state index >= 15 is 0 Å². The molecule has 1 aromatic carbocycles. The number of piperazine rings is 1. The van der Waals surface area contributed by atoms with Gasteiger partial charge in [-0.3, -0.25) is 9.59 Å². The normalized spacial score (nSPS) is 13.9. The fourth-order valence-electron chi connectivity index (χ4n) is 3.70. The lowest BCUT2D eigenvalue weighted by molar-refractivity contribution is -0.130. The number of thioether (sulfide) groups is 1. The van der Waals surface area contributed by atoms with Crippen LogP contribution in [0.25, 0.3) is 0 Å². The Morgan fingerprint density at radius 2 is 1.78 bits per heavy atom. The molecule has 0 radical (unpaired) electrons. The lowest BCUT2D eigenvalue weighted by Crippen LogP contribution is -2.50. The lowest BCUT2D eigenvalue weighted by atomic mass is 10.1. The fourth-order valence-corrected chi connectivity index (χ4v) is 4.51. The van der Waals surface area contributed by atoms with Gasteiger partial charge in [0.05, 0.1) is 0 Å². The third-order valence-electron chi connectivity index (χ3n) is 5.61. The number of benzene rings is 1. The summed E-state index contributed by atoms with van der Waals surface area (Å²) in [6.45, 7) is 9.12. The quantitative estimate of drug-likeness (QED) is 0.448. The van der Waals surface area contributed by atoms with Crippen LogP contribution in [0, 0.1) is 0 Å². The Morgan fingerprint density at radius 1 is 1.06 bits per heavy atom. The van der Waals surface area contributed by atoms with Gasteiger partial charge < -0.3 is 14.7 Å². The number of aryl methyl sites for hydroxylation is 1. The number of anilines is 1. The topological polar surface area (TPSA) is 69.6 Å². The third-order valence-corrected chi connectivity index (χ3v) is 6.53. The second-order valence-electron chi connectivity index (χ2n) is 8.06. The van der Waals surface area contributed by atoms with E-state index < -0.39 is 0 Å². The molecule has 2 heterocycles. The maximum Gasteiger partial charge on any atom is 0.253 e. The second kappa shape index (κ2) is 11.3. The molecule has 0 aliphatic carbocycles. The van der Waals surface area contributed by atoms with Crippen molar-refractivity contribution in [2.75, 3.05) is 44.7 Å². The largest absolute Gasteiger partial charge is 0.360 e. The van der Waals surface area contributed by atoms with Crippen LogP contribution in [-0.2, 0) is 17.0 Å². The Labute approximate surface area is 195 Å². The smallest absolute Gasteiger partial charge is 0.253 e. The van der Waals surface area contributed by atoms with E-state index in [2.05, 4.69) is 36.8 Å². The number of amides is 2. The van der Waals surface area contributed by atoms with E-state index in [9.17, 15) is 9.59 Å². The molecule has 1 aromatic heterocycles. The van der Waals surface area contributed by atoms with Crippen molar-refractivity contribution in [2.45, 2.75) is 44.5 Å². The molecule has 2 amide bonds. The van der Waals surface area contributed by atoms with Crippen molar-refractivity contribution < 1.29 is 9.59 Å². The molecule has 2 aromatic rings. The first-order valence-electron chi connectivity index (χ1n) is 11.3. The Morgan fingerprint density at radius 3 is 2.44 bits per heavy atom. The molecule has 1 aliphatic heterocycles. The number of hydrogen-bond acceptors (Lipinski definition) is 6. The summed E-state index contributed by atoms with van der Waals surface area (Å²) < 4.78 is 0. The molecule has 3 rings (SSSR count). The highest BCUT2D eigenvalue weighted by atomic mass is 32.2. The number of carbonyl (C=O) groups is 2. The van der Waals surface area contributed by atoms with Crippen molar-refractivity contribution in [1.82, 2.24) is 19.8 Å². The highest BCUT2D eigenvalue weighted by Gasteiger charge is 2.23. The molecular formula is C24H33N5O2S. The van der Waals surface area contributed by atoms with Crippen molar-refractivity contribution in [3.05, 3.63) is 47.2 Å². The number of nitrogens with zero attached hydrogens (tertiary/aromatic N) is 5. The number of carbonyl (C=O) groups excluding carboxylic acids is 2. The molecule has 0 N–H and O–H groups in total. The molecular weight excluding hydrogens is 422 g/mol. The summed E-state index contributed by atoms with van der Waals surface area (Å²) in [6, 6.07) is 9.84. The van der Waals surface area contributed by atoms with E-state index in [1.54, 1.807) is 23.6 Å². The fraction of sp³-hybridized carbons (Fsp3) is 0.500. The molecule has 0 saturated carbocycles. The van der Waals surface area contributed by atoms with Crippen LogP contribution in [-0.4, -0.2) is 71.4 Å². The van der Waals surface area contributed by atoms with E-state index in [-0.39, 0.29) is 11.8 Å². The summed E-state index contributed by atoms with van der Waals surface area (Å²) in [5.74, 6) is 1.74. The third kappa shape index (κ3) is 6.22. The van der Waals surface area contributed by atoms with Gasteiger partial charge in [-0.25, -0.2) is 9.97 Å². The van der Waals surface area contributed by atoms with E-state index in [1.165, 1.54) is 0 Å². The first kappa shape index (κ1) is 24.0. The second-order valence-corrected chi connectivity index (χ2v) is 9.00. The first-order valence-corrected chi connectivity index (χ1v) is 12.3. The van der Waals surface area contributed by atoms with E-state index in [4.69, 9.17) is 4.98 Å². The summed E-state index contributed by atoms with van der Waals surface area (Å²) in [5, 5.41) is 0.763. The van der Waals surface area contributed by atoms with Crippen LogP contribution >= 0.6 is 11.8 Å². The highest BCUT2D eigenvalue weighted by molar-refractivity contribution is 7.98. The molecule has 0 bridgehead atoms. The molecule has 172 valence electrons. The predicted molar refractivity (Wildman–Crippen MR) is 129 cm³/mol. The van der Waals surface area contributed by atoms with Crippen LogP contribution in [0.4, 0.5) is 5.82 Å². The Kier molecular flexibility index (Phi) is 8.50. The molecule has 0 unspecified atom stereocenters. The first-order chi connectivity index (χ1) is 15.4. The Hall–Kier alpha value is -2.61. The molecule has 7 nitrogen and oxygen atoms in total. The van der Waals surface area contributed by atoms with Gasteiger partial charge in [0.2, 0.25) is 5.91 Å². The zero-order chi connectivity index (χ0) is 23.1. The maximum atomic E-state index is 13.0. The van der Waals surface area contributed by atoms with Gasteiger partial charge in [-0.15, -0.1) is 0 Å². The van der Waals surface area contributed by atoms with Crippen LogP contribution in [0.3, 0.4) is 0 Å². The standard InChI is InChI=1S/C24H33N5O2S/c1-5-10-27(4)22-16-21(6-2)25-24(26-22)32-17-19-8-7-9-20(15-19)23(31)29-13-11-28(12-14-29)18(3)30/h7-9,15-16H,5-6,10-14,17H2,1-4H3. The van der Waals surface area contributed by atoms with Crippen molar-refractivity contribution in [3.8, 4) is 0 Å². The minimum absolute atomic E-state index is 0.0211. The Balaban J connectivity index is 1.66. The lowest BCUT2D eigenvalue weighted by Gasteiger charge is -2.34. The molecule has 1 aliphatic rings. The van der Waals surface area contributed by atoms with Gasteiger partial charge in [0.15, 0.2) is 5.16 Å². The van der Waals surface area contributed by atoms with Crippen LogP contribution in [0.5, 0.6) is 0 Å². The SMILES string of the molecule is CCCN(C)c1cc(CC)nc(SCc2cccc(C(=O)N3CCN(C(C)=O)CC3)c2)n1. The minimum atomic E-state index is 0.0211. The summed E-state index contributed by atoms with van der Waals surface area (Å²) in [7, 11) is 2.06. The minimum Gasteiger partial charge on any atom is -0.360 e. The number of rotatable bonds is 8. The van der Waals surface area contributed by atoms with Crippen LogP contribution in [0.2, 0.25) is 0 Å². The summed E-state index contributed by atoms with van der Waals surface area (Å²) in [4.78, 5) is 39.7. The number of hydrogen-bond donors (Lipinski definition) is 0. The van der Waals surface area contributed by atoms with Gasteiger partial charge in [0.25, 0.3) is 5.91 Å². The average molecular weight is 456 g/mol. The molecule has 0 atom stereocenters. The van der Waals surface area contributed by atoms with E-state index in [0.29, 0.717) is 37.5 Å². The Bertz CT molecular complexity index is 944. The predicted octanol–water partition coefficient (Wildman–Crippen LogP) is 3.48. The zero-order valence-corrected chi connectivity index (χ0v) is 20.3. The van der Waals surface area contributed by atoms with Crippen LogP contribution < -0.4 is 4.90 Å². The molecule has 32 heavy (non-hydrogen) atoms. The van der Waals surface area contributed by atoms with E-state index in [1.807, 2.05) is 29.2 Å². The maximum absolute atomic E-state index is 13.0. The van der Waals surface area contributed by atoms with Gasteiger partial charge in [0.1, 0.15) is 5.82 Å². The van der Waals surface area contributed by atoms with Gasteiger partial charge >= 0.3 is 0 Å². The molecule has 1 saturated heterocycles. The summed E-state index contributed by atoms with van der Waals surface area (Å²) >= 11 is 1.59. The molecule has 0 spiro atoms. The van der Waals surface area contributed by atoms with Crippen LogP contribution in [0.15, 0.2) is 35.5 Å². The summed E-state index contributed by atoms with van der Waals surface area (Å²) in [5.41, 5.74) is 2.79. The van der Waals surface area contributed by atoms with Crippen LogP contribution in [0.1, 0.15) is 48.8 Å². The van der Waals surface area contributed by atoms with Crippen molar-refractivity contribution in [1.29, 1.82) is 0 Å². The summed E-state index contributed by atoms with van der Waals surface area (Å²) in [6.07, 6.45) is 1.93. The van der Waals surface area contributed by atoms with E-state index in [0.717, 1.165) is 41.6 Å². The zero-order valence-electron chi connectivity index (χ0n) is 19.5. The van der Waals surface area contributed by atoms with Gasteiger partial charge in [0, 0.05) is 69.8 Å². The average Bonchev–Trinajstić information content (AvgIpc) is 2.82. The van der Waals surface area contributed by atoms with Crippen molar-refractivity contribution in [2.24, 2.45) is 0 Å². The van der Waals surface area contributed by atoms with Crippen molar-refractivity contribution >= 4 is 29.4 Å². The molecule has 8 heteroatoms. The monoisotopic (exact) mass is 455 g/mol. The van der Waals surface area contributed by atoms with Gasteiger partial charge in [-0.2, -0.15) is 0 Å². The highest BCUT2D eigenvalue weighted by Crippen LogP contribution is 2.24. The van der Waals surface area contributed by atoms with Crippen molar-refractivity contribution in [3.63, 3.8) is 0 Å². The van der Waals surface area contributed by atoms with Gasteiger partial charge in [-0.1, -0.05) is 37.7 Å².